The van der Waals surface area contributed by atoms with Gasteiger partial charge in [-0.15, -0.1) is 0 Å². The van der Waals surface area contributed by atoms with Crippen LogP contribution in [0.4, 0.5) is 30.8 Å². The van der Waals surface area contributed by atoms with E-state index in [9.17, 15) is 23.2 Å². The van der Waals surface area contributed by atoms with Crippen LogP contribution in [0.5, 0.6) is 11.5 Å². The molecule has 0 radical (unpaired) electrons. The van der Waals surface area contributed by atoms with Gasteiger partial charge in [0.05, 0.1) is 5.69 Å². The number of halogens is 2. The normalized spacial score (nSPS) is 16.2. The number of carbonyl (C=O) groups is 3. The number of nitrogens with one attached hydrogen (secondary N) is 3. The molecule has 3 aromatic rings. The van der Waals surface area contributed by atoms with Gasteiger partial charge in [0, 0.05) is 50.2 Å². The maximum atomic E-state index is 15.0. The van der Waals surface area contributed by atoms with Gasteiger partial charge in [0.1, 0.15) is 34.4 Å². The number of amides is 4. The van der Waals surface area contributed by atoms with E-state index >= 15 is 0 Å². The Morgan fingerprint density at radius 1 is 0.953 bits per heavy atom. The Labute approximate surface area is 248 Å². The second kappa shape index (κ2) is 12.7. The molecule has 1 aliphatic carbocycles. The second-order valence-electron chi connectivity index (χ2n) is 10.8. The third-order valence-corrected chi connectivity index (χ3v) is 7.98. The summed E-state index contributed by atoms with van der Waals surface area (Å²) >= 11 is 0. The quantitative estimate of drug-likeness (QED) is 0.285. The van der Waals surface area contributed by atoms with Crippen molar-refractivity contribution in [2.45, 2.75) is 38.6 Å². The van der Waals surface area contributed by atoms with Crippen LogP contribution in [-0.2, 0) is 9.59 Å². The fourth-order valence-corrected chi connectivity index (χ4v) is 5.03. The summed E-state index contributed by atoms with van der Waals surface area (Å²) in [5.41, 5.74) is -1.07. The summed E-state index contributed by atoms with van der Waals surface area (Å²) in [6, 6.07) is 12.1. The number of likely N-dealkylation sites (tertiary alicyclic amines) is 1. The van der Waals surface area contributed by atoms with E-state index in [4.69, 9.17) is 4.74 Å². The van der Waals surface area contributed by atoms with Crippen molar-refractivity contribution in [3.05, 3.63) is 72.4 Å². The minimum Gasteiger partial charge on any atom is -0.457 e. The number of rotatable bonds is 9. The SMILES string of the molecule is CCN1CCC(N(C)C(=O)Nc2cc(Oc3ccc(NC(=O)C4(C(=O)Nc5ccc(F)cc5)CC4)c(F)c3)ccn2)CC1. The molecule has 2 fully saturated rings. The van der Waals surface area contributed by atoms with Crippen LogP contribution in [-0.4, -0.2) is 65.4 Å². The van der Waals surface area contributed by atoms with Gasteiger partial charge in [-0.3, -0.25) is 14.9 Å². The Bertz CT molecular complexity index is 1490. The van der Waals surface area contributed by atoms with E-state index in [1.807, 2.05) is 0 Å². The second-order valence-corrected chi connectivity index (χ2v) is 10.8. The predicted molar refractivity (Wildman–Crippen MR) is 158 cm³/mol. The van der Waals surface area contributed by atoms with Crippen molar-refractivity contribution in [3.63, 3.8) is 0 Å². The molecule has 0 atom stereocenters. The number of ether oxygens (including phenoxy) is 1. The molecule has 3 N–H and O–H groups in total. The van der Waals surface area contributed by atoms with Gasteiger partial charge >= 0.3 is 6.03 Å². The molecule has 1 aliphatic heterocycles. The van der Waals surface area contributed by atoms with E-state index < -0.39 is 28.9 Å². The zero-order chi connectivity index (χ0) is 30.6. The maximum Gasteiger partial charge on any atom is 0.323 e. The molecule has 1 aromatic heterocycles. The number of pyridine rings is 1. The lowest BCUT2D eigenvalue weighted by molar-refractivity contribution is -0.131. The highest BCUT2D eigenvalue weighted by atomic mass is 19.1. The molecule has 10 nitrogen and oxygen atoms in total. The summed E-state index contributed by atoms with van der Waals surface area (Å²) in [4.78, 5) is 46.8. The first-order valence-electron chi connectivity index (χ1n) is 14.2. The molecule has 1 saturated carbocycles. The number of anilines is 3. The number of hydrogen-bond acceptors (Lipinski definition) is 6. The van der Waals surface area contributed by atoms with Crippen LogP contribution < -0.4 is 20.7 Å². The van der Waals surface area contributed by atoms with Crippen LogP contribution in [0, 0.1) is 17.0 Å². The van der Waals surface area contributed by atoms with Gasteiger partial charge in [-0.1, -0.05) is 6.92 Å². The molecule has 12 heteroatoms. The van der Waals surface area contributed by atoms with E-state index in [0.717, 1.165) is 38.5 Å². The fourth-order valence-electron chi connectivity index (χ4n) is 5.03. The largest absolute Gasteiger partial charge is 0.457 e. The summed E-state index contributed by atoms with van der Waals surface area (Å²) in [5.74, 6) is -1.58. The Morgan fingerprint density at radius 3 is 2.28 bits per heavy atom. The Kier molecular flexibility index (Phi) is 8.86. The first-order chi connectivity index (χ1) is 20.7. The highest BCUT2D eigenvalue weighted by Gasteiger charge is 2.56. The highest BCUT2D eigenvalue weighted by molar-refractivity contribution is 6.16. The van der Waals surface area contributed by atoms with Gasteiger partial charge < -0.3 is 25.2 Å². The molecule has 4 amide bonds. The van der Waals surface area contributed by atoms with Crippen LogP contribution in [0.1, 0.15) is 32.6 Å². The van der Waals surface area contributed by atoms with Crippen molar-refractivity contribution in [2.24, 2.45) is 5.41 Å². The first-order valence-corrected chi connectivity index (χ1v) is 14.2. The van der Waals surface area contributed by atoms with Gasteiger partial charge in [-0.2, -0.15) is 0 Å². The summed E-state index contributed by atoms with van der Waals surface area (Å²) in [7, 11) is 1.77. The number of nitrogens with zero attached hydrogens (tertiary/aromatic N) is 3. The fraction of sp³-hybridized carbons (Fsp3) is 0.355. The van der Waals surface area contributed by atoms with Crippen LogP contribution in [0.3, 0.4) is 0 Å². The van der Waals surface area contributed by atoms with E-state index in [0.29, 0.717) is 30.1 Å². The molecule has 0 spiro atoms. The standard InChI is InChI=1S/C31H34F2N6O4/c1-3-39-16-11-22(12-17-39)38(2)30(42)37-27-19-24(10-15-34-27)43-23-8-9-26(25(33)18-23)36-29(41)31(13-14-31)28(40)35-21-6-4-20(32)5-7-21/h4-10,15,18-19,22H,3,11-14,16-17H2,1-2H3,(H,35,40)(H,36,41)(H,34,37,42). The number of hydrogen-bond donors (Lipinski definition) is 3. The Morgan fingerprint density at radius 2 is 1.63 bits per heavy atom. The molecule has 1 saturated heterocycles. The van der Waals surface area contributed by atoms with E-state index in [1.54, 1.807) is 18.0 Å². The molecule has 0 bridgehead atoms. The Balaban J connectivity index is 1.17. The molecular weight excluding hydrogens is 558 g/mol. The van der Waals surface area contributed by atoms with Crippen molar-refractivity contribution < 1.29 is 27.9 Å². The molecule has 43 heavy (non-hydrogen) atoms. The van der Waals surface area contributed by atoms with Gasteiger partial charge in [-0.05, 0) is 74.7 Å². The third kappa shape index (κ3) is 7.08. The van der Waals surface area contributed by atoms with E-state index in [1.165, 1.54) is 48.7 Å². The molecule has 226 valence electrons. The average molecular weight is 593 g/mol. The highest BCUT2D eigenvalue weighted by Crippen LogP contribution is 2.47. The van der Waals surface area contributed by atoms with Gasteiger partial charge in [0.25, 0.3) is 0 Å². The minimum absolute atomic E-state index is 0.103. The zero-order valence-corrected chi connectivity index (χ0v) is 24.0. The average Bonchev–Trinajstić information content (AvgIpc) is 3.82. The van der Waals surface area contributed by atoms with Crippen LogP contribution in [0.25, 0.3) is 0 Å². The summed E-state index contributed by atoms with van der Waals surface area (Å²) in [6.07, 6.45) is 3.90. The summed E-state index contributed by atoms with van der Waals surface area (Å²) in [5, 5.41) is 7.91. The van der Waals surface area contributed by atoms with Crippen molar-refractivity contribution in [1.82, 2.24) is 14.8 Å². The minimum atomic E-state index is -1.32. The molecule has 2 aromatic carbocycles. The first kappa shape index (κ1) is 29.9. The molecular formula is C31H34F2N6O4. The monoisotopic (exact) mass is 592 g/mol. The smallest absolute Gasteiger partial charge is 0.323 e. The molecule has 2 aliphatic rings. The van der Waals surface area contributed by atoms with Gasteiger partial charge in [0.15, 0.2) is 0 Å². The Hall–Kier alpha value is -4.58. The summed E-state index contributed by atoms with van der Waals surface area (Å²) < 4.78 is 33.9. The maximum absolute atomic E-state index is 15.0. The summed E-state index contributed by atoms with van der Waals surface area (Å²) in [6.45, 7) is 5.03. The van der Waals surface area contributed by atoms with Crippen LogP contribution >= 0.6 is 0 Å². The predicted octanol–water partition coefficient (Wildman–Crippen LogP) is 5.46. The lowest BCUT2D eigenvalue weighted by Crippen LogP contribution is -2.46. The lowest BCUT2D eigenvalue weighted by atomic mass is 10.0. The van der Waals surface area contributed by atoms with E-state index in [-0.39, 0.29) is 23.5 Å². The van der Waals surface area contributed by atoms with Crippen molar-refractivity contribution in [1.29, 1.82) is 0 Å². The lowest BCUT2D eigenvalue weighted by Gasteiger charge is -2.36. The number of carbonyl (C=O) groups excluding carboxylic acids is 3. The molecule has 2 heterocycles. The van der Waals surface area contributed by atoms with Crippen molar-refractivity contribution in [3.8, 4) is 11.5 Å². The van der Waals surface area contributed by atoms with Gasteiger partial charge in [0.2, 0.25) is 11.8 Å². The van der Waals surface area contributed by atoms with Crippen LogP contribution in [0.15, 0.2) is 60.8 Å². The third-order valence-electron chi connectivity index (χ3n) is 7.98. The van der Waals surface area contributed by atoms with Crippen molar-refractivity contribution >= 4 is 35.0 Å². The van der Waals surface area contributed by atoms with Gasteiger partial charge in [-0.25, -0.2) is 18.6 Å². The zero-order valence-electron chi connectivity index (χ0n) is 24.0. The van der Waals surface area contributed by atoms with E-state index in [2.05, 4.69) is 32.8 Å². The van der Waals surface area contributed by atoms with Crippen LogP contribution in [0.2, 0.25) is 0 Å². The topological polar surface area (TPSA) is 116 Å². The number of urea groups is 1. The number of benzene rings is 2. The molecule has 5 rings (SSSR count). The molecule has 0 unspecified atom stereocenters. The number of piperidine rings is 1. The van der Waals surface area contributed by atoms with Crippen molar-refractivity contribution in [2.75, 3.05) is 42.6 Å². The number of aromatic nitrogens is 1.